The summed E-state index contributed by atoms with van der Waals surface area (Å²) in [6, 6.07) is 5.79. The van der Waals surface area contributed by atoms with Crippen molar-refractivity contribution in [2.24, 2.45) is 0 Å². The van der Waals surface area contributed by atoms with Gasteiger partial charge in [-0.05, 0) is 26.0 Å². The minimum Gasteiger partial charge on any atom is -0.309 e. The van der Waals surface area contributed by atoms with E-state index in [0.29, 0.717) is 6.54 Å². The highest BCUT2D eigenvalue weighted by Gasteiger charge is 2.42. The van der Waals surface area contributed by atoms with Crippen LogP contribution in [0.3, 0.4) is 0 Å². The van der Waals surface area contributed by atoms with Gasteiger partial charge in [0.2, 0.25) is 0 Å². The zero-order chi connectivity index (χ0) is 14.3. The second kappa shape index (κ2) is 4.33. The van der Waals surface area contributed by atoms with E-state index in [-0.39, 0.29) is 11.7 Å². The van der Waals surface area contributed by atoms with E-state index < -0.39 is 11.4 Å². The Balaban J connectivity index is 1.83. The molecule has 0 aliphatic carbocycles. The van der Waals surface area contributed by atoms with Crippen molar-refractivity contribution >= 4 is 11.7 Å². The van der Waals surface area contributed by atoms with Crippen LogP contribution < -0.4 is 5.32 Å². The number of anilines is 1. The molecule has 0 radical (unpaired) electrons. The molecule has 0 saturated heterocycles. The third-order valence-electron chi connectivity index (χ3n) is 3.69. The summed E-state index contributed by atoms with van der Waals surface area (Å²) in [4.78, 5) is 14.0. The van der Waals surface area contributed by atoms with Crippen LogP contribution in [-0.2, 0) is 12.1 Å². The summed E-state index contributed by atoms with van der Waals surface area (Å²) in [6.07, 6.45) is 1.72. The van der Waals surface area contributed by atoms with Crippen molar-refractivity contribution in [3.05, 3.63) is 47.5 Å². The monoisotopic (exact) mass is 274 g/mol. The number of carbonyl (C=O) groups is 1. The van der Waals surface area contributed by atoms with E-state index in [1.54, 1.807) is 23.2 Å². The van der Waals surface area contributed by atoms with E-state index in [1.807, 2.05) is 13.8 Å². The van der Waals surface area contributed by atoms with Gasteiger partial charge in [0.05, 0.1) is 29.7 Å². The maximum Gasteiger partial charge on any atom is 0.323 e. The summed E-state index contributed by atoms with van der Waals surface area (Å²) < 4.78 is 13.6. The number of urea groups is 1. The summed E-state index contributed by atoms with van der Waals surface area (Å²) in [7, 11) is 0. The molecule has 1 aliphatic heterocycles. The topological polar surface area (TPSA) is 61.0 Å². The van der Waals surface area contributed by atoms with Crippen molar-refractivity contribution < 1.29 is 9.18 Å². The number of hydrogen-bond acceptors (Lipinski definition) is 2. The predicted molar refractivity (Wildman–Crippen MR) is 72.6 cm³/mol. The Kier molecular flexibility index (Phi) is 2.74. The van der Waals surface area contributed by atoms with Crippen LogP contribution in [0.5, 0.6) is 0 Å². The Hall–Kier alpha value is -2.37. The van der Waals surface area contributed by atoms with Crippen LogP contribution >= 0.6 is 0 Å². The van der Waals surface area contributed by atoms with Crippen molar-refractivity contribution in [1.29, 1.82) is 0 Å². The Morgan fingerprint density at radius 2 is 2.20 bits per heavy atom. The predicted octanol–water partition coefficient (Wildman–Crippen LogP) is 2.83. The fraction of sp³-hybridized carbons (Fsp3) is 0.286. The van der Waals surface area contributed by atoms with Gasteiger partial charge < -0.3 is 10.2 Å². The molecule has 0 spiro atoms. The third kappa shape index (κ3) is 1.84. The molecular weight excluding hydrogens is 259 g/mol. The summed E-state index contributed by atoms with van der Waals surface area (Å²) in [6.45, 7) is 4.31. The first-order chi connectivity index (χ1) is 9.50. The standard InChI is InChI=1S/C14H15FN4O/c1-14(2)12-9(7-16-18-12)8-19(14)13(20)17-11-6-4-3-5-10(11)15/h3-7H,8H2,1-2H3,(H,16,18)(H,17,20). The molecule has 1 aromatic heterocycles. The third-order valence-corrected chi connectivity index (χ3v) is 3.69. The van der Waals surface area contributed by atoms with Crippen LogP contribution in [0.1, 0.15) is 25.1 Å². The van der Waals surface area contributed by atoms with Gasteiger partial charge in [-0.25, -0.2) is 9.18 Å². The minimum atomic E-state index is -0.499. The SMILES string of the molecule is CC1(C)c2[nH]ncc2CN1C(=O)Nc1ccccc1F. The molecule has 0 atom stereocenters. The first kappa shape index (κ1) is 12.7. The summed E-state index contributed by atoms with van der Waals surface area (Å²) >= 11 is 0. The van der Waals surface area contributed by atoms with E-state index in [1.165, 1.54) is 12.1 Å². The number of carbonyl (C=O) groups excluding carboxylic acids is 1. The highest BCUT2D eigenvalue weighted by Crippen LogP contribution is 2.37. The molecule has 6 heteroatoms. The quantitative estimate of drug-likeness (QED) is 0.840. The number of hydrogen-bond donors (Lipinski definition) is 2. The second-order valence-corrected chi connectivity index (χ2v) is 5.33. The molecule has 20 heavy (non-hydrogen) atoms. The number of rotatable bonds is 1. The van der Waals surface area contributed by atoms with Crippen LogP contribution in [0.15, 0.2) is 30.5 Å². The van der Waals surface area contributed by atoms with Gasteiger partial charge in [-0.3, -0.25) is 5.10 Å². The highest BCUT2D eigenvalue weighted by atomic mass is 19.1. The molecule has 5 nitrogen and oxygen atoms in total. The smallest absolute Gasteiger partial charge is 0.309 e. The molecule has 0 fully saturated rings. The average molecular weight is 274 g/mol. The lowest BCUT2D eigenvalue weighted by molar-refractivity contribution is 0.155. The normalized spacial score (nSPS) is 16.1. The summed E-state index contributed by atoms with van der Waals surface area (Å²) in [5.74, 6) is -0.446. The number of para-hydroxylation sites is 1. The van der Waals surface area contributed by atoms with Gasteiger partial charge >= 0.3 is 6.03 Å². The number of nitrogens with one attached hydrogen (secondary N) is 2. The van der Waals surface area contributed by atoms with Crippen LogP contribution in [-0.4, -0.2) is 21.1 Å². The molecule has 0 bridgehead atoms. The highest BCUT2D eigenvalue weighted by molar-refractivity contribution is 5.90. The van der Waals surface area contributed by atoms with Gasteiger partial charge in [0.15, 0.2) is 0 Å². The fourth-order valence-corrected chi connectivity index (χ4v) is 2.53. The first-order valence-electron chi connectivity index (χ1n) is 6.36. The van der Waals surface area contributed by atoms with Gasteiger partial charge in [0.25, 0.3) is 0 Å². The van der Waals surface area contributed by atoms with Crippen molar-refractivity contribution in [2.75, 3.05) is 5.32 Å². The van der Waals surface area contributed by atoms with E-state index in [0.717, 1.165) is 11.3 Å². The molecule has 3 rings (SSSR count). The lowest BCUT2D eigenvalue weighted by atomic mass is 10.0. The number of fused-ring (bicyclic) bond motifs is 1. The number of nitrogens with zero attached hydrogens (tertiary/aromatic N) is 2. The molecule has 0 unspecified atom stereocenters. The van der Waals surface area contributed by atoms with Crippen LogP contribution in [0, 0.1) is 5.82 Å². The first-order valence-corrected chi connectivity index (χ1v) is 6.36. The van der Waals surface area contributed by atoms with Crippen LogP contribution in [0.2, 0.25) is 0 Å². The van der Waals surface area contributed by atoms with E-state index >= 15 is 0 Å². The number of benzene rings is 1. The van der Waals surface area contributed by atoms with E-state index in [2.05, 4.69) is 15.5 Å². The van der Waals surface area contributed by atoms with Crippen molar-refractivity contribution in [3.63, 3.8) is 0 Å². The summed E-state index contributed by atoms with van der Waals surface area (Å²) in [5, 5.41) is 9.52. The molecule has 1 aromatic carbocycles. The largest absolute Gasteiger partial charge is 0.323 e. The van der Waals surface area contributed by atoms with Gasteiger partial charge in [0.1, 0.15) is 5.82 Å². The van der Waals surface area contributed by atoms with Crippen molar-refractivity contribution in [1.82, 2.24) is 15.1 Å². The maximum absolute atomic E-state index is 13.6. The zero-order valence-corrected chi connectivity index (χ0v) is 11.3. The molecule has 2 N–H and O–H groups in total. The van der Waals surface area contributed by atoms with Crippen molar-refractivity contribution in [2.45, 2.75) is 25.9 Å². The molecule has 0 saturated carbocycles. The lowest BCUT2D eigenvalue weighted by Crippen LogP contribution is -2.43. The molecule has 2 amide bonds. The van der Waals surface area contributed by atoms with E-state index in [4.69, 9.17) is 0 Å². The van der Waals surface area contributed by atoms with Gasteiger partial charge in [-0.15, -0.1) is 0 Å². The average Bonchev–Trinajstić information content (AvgIpc) is 2.95. The van der Waals surface area contributed by atoms with Gasteiger partial charge in [-0.1, -0.05) is 12.1 Å². The summed E-state index contributed by atoms with van der Waals surface area (Å²) in [5.41, 5.74) is 1.59. The minimum absolute atomic E-state index is 0.182. The zero-order valence-electron chi connectivity index (χ0n) is 11.3. The Morgan fingerprint density at radius 3 is 2.90 bits per heavy atom. The maximum atomic E-state index is 13.6. The number of aromatic nitrogens is 2. The number of halogens is 1. The molecule has 1 aliphatic rings. The van der Waals surface area contributed by atoms with Gasteiger partial charge in [0, 0.05) is 5.56 Å². The molecule has 2 heterocycles. The Bertz CT molecular complexity index is 665. The number of H-pyrrole nitrogens is 1. The Morgan fingerprint density at radius 1 is 1.45 bits per heavy atom. The van der Waals surface area contributed by atoms with Crippen LogP contribution in [0.4, 0.5) is 14.9 Å². The fourth-order valence-electron chi connectivity index (χ4n) is 2.53. The molecular formula is C14H15FN4O. The van der Waals surface area contributed by atoms with Crippen molar-refractivity contribution in [3.8, 4) is 0 Å². The lowest BCUT2D eigenvalue weighted by Gasteiger charge is -2.31. The van der Waals surface area contributed by atoms with Crippen LogP contribution in [0.25, 0.3) is 0 Å². The number of aromatic amines is 1. The molecule has 2 aromatic rings. The second-order valence-electron chi connectivity index (χ2n) is 5.33. The Labute approximate surface area is 115 Å². The number of amides is 2. The molecule has 104 valence electrons. The van der Waals surface area contributed by atoms with Gasteiger partial charge in [-0.2, -0.15) is 5.10 Å². The van der Waals surface area contributed by atoms with E-state index in [9.17, 15) is 9.18 Å².